The van der Waals surface area contributed by atoms with Crippen LogP contribution >= 0.6 is 0 Å². The summed E-state index contributed by atoms with van der Waals surface area (Å²) in [7, 11) is 0. The molecule has 0 aliphatic heterocycles. The van der Waals surface area contributed by atoms with Gasteiger partial charge in [-0.25, -0.2) is 4.98 Å². The van der Waals surface area contributed by atoms with Crippen LogP contribution < -0.4 is 10.3 Å². The van der Waals surface area contributed by atoms with Gasteiger partial charge >= 0.3 is 0 Å². The summed E-state index contributed by atoms with van der Waals surface area (Å²) < 4.78 is 5.99. The van der Waals surface area contributed by atoms with E-state index in [-0.39, 0.29) is 23.3 Å². The highest BCUT2D eigenvalue weighted by atomic mass is 16.5. The Morgan fingerprint density at radius 3 is 2.50 bits per heavy atom. The number of rotatable bonds is 8. The first kappa shape index (κ1) is 19.4. The Bertz CT molecular complexity index is 1180. The normalized spacial score (nSPS) is 10.7. The van der Waals surface area contributed by atoms with Gasteiger partial charge in [0, 0.05) is 24.6 Å². The number of aromatic nitrogens is 3. The van der Waals surface area contributed by atoms with E-state index in [1.165, 1.54) is 6.20 Å². The molecule has 2 aromatic heterocycles. The Labute approximate surface area is 173 Å². The smallest absolute Gasteiger partial charge is 0.258 e. The van der Waals surface area contributed by atoms with Gasteiger partial charge in [-0.3, -0.25) is 9.59 Å². The van der Waals surface area contributed by atoms with Gasteiger partial charge in [-0.2, -0.15) is 0 Å². The predicted molar refractivity (Wildman–Crippen MR) is 115 cm³/mol. The van der Waals surface area contributed by atoms with E-state index in [1.54, 1.807) is 24.7 Å². The average molecular weight is 399 g/mol. The molecular formula is C24H21N3O3. The average Bonchev–Trinajstić information content (AvgIpc) is 3.30. The first-order valence-electron chi connectivity index (χ1n) is 9.70. The molecule has 2 heterocycles. The monoisotopic (exact) mass is 399 g/mol. The summed E-state index contributed by atoms with van der Waals surface area (Å²) in [4.78, 5) is 33.8. The molecule has 30 heavy (non-hydrogen) atoms. The maximum atomic E-state index is 12.3. The van der Waals surface area contributed by atoms with Crippen molar-refractivity contribution in [1.29, 1.82) is 0 Å². The van der Waals surface area contributed by atoms with E-state index in [0.29, 0.717) is 6.61 Å². The third-order valence-corrected chi connectivity index (χ3v) is 4.83. The van der Waals surface area contributed by atoms with Crippen LogP contribution in [0.15, 0.2) is 84.2 Å². The van der Waals surface area contributed by atoms with Gasteiger partial charge in [0.05, 0.1) is 30.4 Å². The minimum Gasteiger partial charge on any atom is -0.493 e. The van der Waals surface area contributed by atoms with Gasteiger partial charge < -0.3 is 14.7 Å². The van der Waals surface area contributed by atoms with E-state index in [1.807, 2.05) is 48.5 Å². The first-order chi connectivity index (χ1) is 14.7. The number of ether oxygens (including phenoxy) is 1. The molecule has 0 aliphatic rings. The number of hydrogen-bond acceptors (Lipinski definition) is 4. The highest BCUT2D eigenvalue weighted by molar-refractivity contribution is 5.97. The SMILES string of the molecule is O=C(Cc1ccc(CCOc2ccccc2-c2cnc[nH]2)cc1)c1ccc[nH]c1=O. The van der Waals surface area contributed by atoms with Gasteiger partial charge in [0.2, 0.25) is 0 Å². The molecule has 0 unspecified atom stereocenters. The molecule has 0 atom stereocenters. The maximum Gasteiger partial charge on any atom is 0.258 e. The molecule has 0 saturated heterocycles. The highest BCUT2D eigenvalue weighted by Gasteiger charge is 2.11. The molecule has 4 aromatic rings. The van der Waals surface area contributed by atoms with E-state index in [9.17, 15) is 9.59 Å². The van der Waals surface area contributed by atoms with Crippen LogP contribution in [0.1, 0.15) is 21.5 Å². The topological polar surface area (TPSA) is 87.8 Å². The van der Waals surface area contributed by atoms with Crippen molar-refractivity contribution < 1.29 is 9.53 Å². The molecule has 0 bridgehead atoms. The van der Waals surface area contributed by atoms with E-state index in [4.69, 9.17) is 4.74 Å². The second-order valence-electron chi connectivity index (χ2n) is 6.89. The Hall–Kier alpha value is -3.93. The van der Waals surface area contributed by atoms with Crippen molar-refractivity contribution in [3.8, 4) is 17.0 Å². The molecule has 6 heteroatoms. The maximum absolute atomic E-state index is 12.3. The fourth-order valence-electron chi connectivity index (χ4n) is 3.24. The van der Waals surface area contributed by atoms with Gasteiger partial charge in [0.25, 0.3) is 5.56 Å². The van der Waals surface area contributed by atoms with Crippen LogP contribution in [0.3, 0.4) is 0 Å². The van der Waals surface area contributed by atoms with Crippen LogP contribution in [-0.4, -0.2) is 27.3 Å². The molecule has 0 saturated carbocycles. The summed E-state index contributed by atoms with van der Waals surface area (Å²) in [5.74, 6) is 0.611. The van der Waals surface area contributed by atoms with Crippen LogP contribution in [0.5, 0.6) is 5.75 Å². The molecule has 2 aromatic carbocycles. The van der Waals surface area contributed by atoms with E-state index in [2.05, 4.69) is 15.0 Å². The van der Waals surface area contributed by atoms with Gasteiger partial charge in [0.1, 0.15) is 5.75 Å². The number of nitrogens with zero attached hydrogens (tertiary/aromatic N) is 1. The van der Waals surface area contributed by atoms with Gasteiger partial charge in [0.15, 0.2) is 5.78 Å². The number of pyridine rings is 1. The van der Waals surface area contributed by atoms with E-state index >= 15 is 0 Å². The quantitative estimate of drug-likeness (QED) is 0.441. The van der Waals surface area contributed by atoms with Crippen LogP contribution in [0, 0.1) is 0 Å². The number of aromatic amines is 2. The van der Waals surface area contributed by atoms with E-state index in [0.717, 1.165) is 34.6 Å². The number of hydrogen-bond donors (Lipinski definition) is 2. The van der Waals surface area contributed by atoms with Crippen LogP contribution in [0.25, 0.3) is 11.3 Å². The molecule has 0 radical (unpaired) electrons. The molecule has 0 spiro atoms. The third kappa shape index (κ3) is 4.55. The lowest BCUT2D eigenvalue weighted by Gasteiger charge is -2.10. The number of carbonyl (C=O) groups excluding carboxylic acids is 1. The fraction of sp³-hybridized carbons (Fsp3) is 0.125. The Balaban J connectivity index is 1.34. The number of nitrogens with one attached hydrogen (secondary N) is 2. The zero-order valence-electron chi connectivity index (χ0n) is 16.3. The van der Waals surface area contributed by atoms with Crippen molar-refractivity contribution in [3.05, 3.63) is 106 Å². The number of H-pyrrole nitrogens is 2. The number of carbonyl (C=O) groups is 1. The number of ketones is 1. The molecule has 150 valence electrons. The lowest BCUT2D eigenvalue weighted by molar-refractivity contribution is 0.0991. The lowest BCUT2D eigenvalue weighted by atomic mass is 10.0. The van der Waals surface area contributed by atoms with Gasteiger partial charge in [-0.1, -0.05) is 36.4 Å². The molecule has 0 fully saturated rings. The van der Waals surface area contributed by atoms with Crippen molar-refractivity contribution in [3.63, 3.8) is 0 Å². The zero-order valence-corrected chi connectivity index (χ0v) is 16.3. The van der Waals surface area contributed by atoms with Crippen molar-refractivity contribution in [2.45, 2.75) is 12.8 Å². The summed E-state index contributed by atoms with van der Waals surface area (Å²) in [6.07, 6.45) is 5.87. The molecule has 6 nitrogen and oxygen atoms in total. The van der Waals surface area contributed by atoms with E-state index < -0.39 is 0 Å². The predicted octanol–water partition coefficient (Wildman–Crippen LogP) is 3.81. The number of imidazole rings is 1. The van der Waals surface area contributed by atoms with Crippen molar-refractivity contribution in [2.24, 2.45) is 0 Å². The second-order valence-corrected chi connectivity index (χ2v) is 6.89. The van der Waals surface area contributed by atoms with Gasteiger partial charge in [-0.05, 0) is 35.4 Å². The first-order valence-corrected chi connectivity index (χ1v) is 9.70. The van der Waals surface area contributed by atoms with Crippen LogP contribution in [0.2, 0.25) is 0 Å². The largest absolute Gasteiger partial charge is 0.493 e. The number of benzene rings is 2. The Morgan fingerprint density at radius 2 is 1.73 bits per heavy atom. The minimum absolute atomic E-state index is 0.186. The number of para-hydroxylation sites is 1. The van der Waals surface area contributed by atoms with Crippen molar-refractivity contribution in [2.75, 3.05) is 6.61 Å². The molecular weight excluding hydrogens is 378 g/mol. The Morgan fingerprint density at radius 1 is 0.933 bits per heavy atom. The summed E-state index contributed by atoms with van der Waals surface area (Å²) in [6.45, 7) is 0.531. The lowest BCUT2D eigenvalue weighted by Crippen LogP contribution is -2.18. The summed E-state index contributed by atoms with van der Waals surface area (Å²) in [5.41, 5.74) is 3.70. The molecule has 0 amide bonds. The zero-order chi connectivity index (χ0) is 20.8. The highest BCUT2D eigenvalue weighted by Crippen LogP contribution is 2.27. The third-order valence-electron chi connectivity index (χ3n) is 4.83. The Kier molecular flexibility index (Phi) is 5.85. The second kappa shape index (κ2) is 9.05. The molecule has 2 N–H and O–H groups in total. The van der Waals surface area contributed by atoms with Crippen molar-refractivity contribution in [1.82, 2.24) is 15.0 Å². The summed E-state index contributed by atoms with van der Waals surface area (Å²) >= 11 is 0. The summed E-state index contributed by atoms with van der Waals surface area (Å²) in [6, 6.07) is 18.9. The molecule has 4 rings (SSSR count). The minimum atomic E-state index is -0.355. The van der Waals surface area contributed by atoms with Crippen molar-refractivity contribution >= 4 is 5.78 Å². The number of Topliss-reactive ketones (excluding diaryl/α,β-unsaturated/α-hetero) is 1. The van der Waals surface area contributed by atoms with Crippen LogP contribution in [0.4, 0.5) is 0 Å². The van der Waals surface area contributed by atoms with Crippen LogP contribution in [-0.2, 0) is 12.8 Å². The summed E-state index contributed by atoms with van der Waals surface area (Å²) in [5, 5.41) is 0. The standard InChI is InChI=1S/C24H21N3O3/c28-22(20-5-3-12-26-24(20)29)14-18-9-7-17(8-10-18)11-13-30-23-6-2-1-4-19(23)21-15-25-16-27-21/h1-10,12,15-16H,11,13-14H2,(H,25,27)(H,26,29). The van der Waals surface area contributed by atoms with Gasteiger partial charge in [-0.15, -0.1) is 0 Å². The fourth-order valence-corrected chi connectivity index (χ4v) is 3.24. The molecule has 0 aliphatic carbocycles.